The minimum atomic E-state index is -3.67. The van der Waals surface area contributed by atoms with E-state index in [1.165, 1.54) is 26.0 Å². The maximum absolute atomic E-state index is 12.2. The molecule has 20 heavy (non-hydrogen) atoms. The molecule has 0 aliphatic heterocycles. The first kappa shape index (κ1) is 15.5. The van der Waals surface area contributed by atoms with Crippen molar-refractivity contribution in [2.45, 2.75) is 49.9 Å². The first-order chi connectivity index (χ1) is 9.32. The van der Waals surface area contributed by atoms with Crippen molar-refractivity contribution in [3.05, 3.63) is 17.9 Å². The standard InChI is InChI=1S/C13H22N2O4S/c1-13(2,9-18-3)15-20(16,17)12-7-6-11(19-12)8-14-10-4-5-10/h6-7,10,14-15H,4-5,8-9H2,1-3H3. The predicted molar refractivity (Wildman–Crippen MR) is 74.8 cm³/mol. The quantitative estimate of drug-likeness (QED) is 0.755. The second kappa shape index (κ2) is 5.85. The predicted octanol–water partition coefficient (Wildman–Crippen LogP) is 1.23. The van der Waals surface area contributed by atoms with E-state index in [4.69, 9.17) is 9.15 Å². The van der Waals surface area contributed by atoms with Crippen molar-refractivity contribution in [3.63, 3.8) is 0 Å². The molecule has 1 saturated carbocycles. The van der Waals surface area contributed by atoms with Crippen molar-refractivity contribution in [1.82, 2.24) is 10.0 Å². The smallest absolute Gasteiger partial charge is 0.274 e. The van der Waals surface area contributed by atoms with Crippen LogP contribution in [0.15, 0.2) is 21.6 Å². The van der Waals surface area contributed by atoms with Gasteiger partial charge in [0.15, 0.2) is 0 Å². The number of hydrogen-bond acceptors (Lipinski definition) is 5. The van der Waals surface area contributed by atoms with Gasteiger partial charge in [0.25, 0.3) is 10.0 Å². The molecule has 0 amide bonds. The lowest BCUT2D eigenvalue weighted by Crippen LogP contribution is -2.46. The molecule has 7 heteroatoms. The molecule has 1 aliphatic carbocycles. The Morgan fingerprint density at radius 3 is 2.70 bits per heavy atom. The van der Waals surface area contributed by atoms with Gasteiger partial charge < -0.3 is 14.5 Å². The van der Waals surface area contributed by atoms with Gasteiger partial charge >= 0.3 is 0 Å². The summed E-state index contributed by atoms with van der Waals surface area (Å²) in [5, 5.41) is 3.22. The zero-order valence-electron chi connectivity index (χ0n) is 12.1. The molecule has 0 spiro atoms. The Morgan fingerprint density at radius 2 is 2.10 bits per heavy atom. The monoisotopic (exact) mass is 302 g/mol. The fourth-order valence-corrected chi connectivity index (χ4v) is 3.29. The highest BCUT2D eigenvalue weighted by Crippen LogP contribution is 2.21. The lowest BCUT2D eigenvalue weighted by molar-refractivity contribution is 0.141. The van der Waals surface area contributed by atoms with Gasteiger partial charge in [-0.05, 0) is 38.8 Å². The number of rotatable bonds is 8. The molecule has 0 bridgehead atoms. The van der Waals surface area contributed by atoms with E-state index in [-0.39, 0.29) is 11.7 Å². The molecule has 1 aromatic rings. The van der Waals surface area contributed by atoms with Gasteiger partial charge in [-0.25, -0.2) is 13.1 Å². The summed E-state index contributed by atoms with van der Waals surface area (Å²) in [5.41, 5.74) is -0.688. The first-order valence-electron chi connectivity index (χ1n) is 6.67. The molecule has 6 nitrogen and oxygen atoms in total. The number of furan rings is 1. The summed E-state index contributed by atoms with van der Waals surface area (Å²) in [4.78, 5) is 0. The van der Waals surface area contributed by atoms with Gasteiger partial charge in [0.2, 0.25) is 5.09 Å². The van der Waals surface area contributed by atoms with Crippen LogP contribution < -0.4 is 10.0 Å². The van der Waals surface area contributed by atoms with E-state index in [0.29, 0.717) is 18.3 Å². The normalized spacial score (nSPS) is 16.6. The lowest BCUT2D eigenvalue weighted by Gasteiger charge is -2.24. The van der Waals surface area contributed by atoms with E-state index in [0.717, 1.165) is 0 Å². The average molecular weight is 302 g/mol. The van der Waals surface area contributed by atoms with Crippen LogP contribution in [0.1, 0.15) is 32.4 Å². The minimum absolute atomic E-state index is 0.0609. The minimum Gasteiger partial charge on any atom is -0.447 e. The van der Waals surface area contributed by atoms with Crippen molar-refractivity contribution in [1.29, 1.82) is 0 Å². The van der Waals surface area contributed by atoms with Crippen molar-refractivity contribution < 1.29 is 17.6 Å². The molecule has 1 fully saturated rings. The molecule has 2 rings (SSSR count). The van der Waals surface area contributed by atoms with Crippen LogP contribution >= 0.6 is 0 Å². The van der Waals surface area contributed by atoms with Gasteiger partial charge in [0.05, 0.1) is 18.7 Å². The zero-order chi connectivity index (χ0) is 14.8. The van der Waals surface area contributed by atoms with Crippen LogP contribution in [0.25, 0.3) is 0 Å². The van der Waals surface area contributed by atoms with Crippen LogP contribution in [0.4, 0.5) is 0 Å². The van der Waals surface area contributed by atoms with Crippen LogP contribution in [0, 0.1) is 0 Å². The summed E-state index contributed by atoms with van der Waals surface area (Å²) in [6, 6.07) is 3.72. The number of sulfonamides is 1. The van der Waals surface area contributed by atoms with Gasteiger partial charge in [0, 0.05) is 13.2 Å². The number of hydrogen-bond donors (Lipinski definition) is 2. The number of nitrogens with one attached hydrogen (secondary N) is 2. The van der Waals surface area contributed by atoms with Crippen LogP contribution in [0.3, 0.4) is 0 Å². The van der Waals surface area contributed by atoms with E-state index in [1.807, 2.05) is 0 Å². The SMILES string of the molecule is COCC(C)(C)NS(=O)(=O)c1ccc(CNC2CC2)o1. The largest absolute Gasteiger partial charge is 0.447 e. The Balaban J connectivity index is 2.01. The number of ether oxygens (including phenoxy) is 1. The molecule has 1 heterocycles. The molecule has 0 aromatic carbocycles. The molecule has 0 radical (unpaired) electrons. The molecule has 0 atom stereocenters. The Bertz CT molecular complexity index is 546. The van der Waals surface area contributed by atoms with Crippen LogP contribution in [-0.4, -0.2) is 33.7 Å². The third-order valence-corrected chi connectivity index (χ3v) is 4.53. The molecule has 0 saturated heterocycles. The Labute approximate surface area is 119 Å². The van der Waals surface area contributed by atoms with Crippen molar-refractivity contribution >= 4 is 10.0 Å². The third-order valence-electron chi connectivity index (χ3n) is 2.96. The maximum Gasteiger partial charge on any atom is 0.274 e. The summed E-state index contributed by atoms with van der Waals surface area (Å²) in [5.74, 6) is 0.627. The Morgan fingerprint density at radius 1 is 1.40 bits per heavy atom. The van der Waals surface area contributed by atoms with E-state index in [9.17, 15) is 8.42 Å². The van der Waals surface area contributed by atoms with Crippen LogP contribution in [0.2, 0.25) is 0 Å². The summed E-state index contributed by atoms with van der Waals surface area (Å²) in [6.07, 6.45) is 2.36. The molecule has 1 aliphatic rings. The molecular weight excluding hydrogens is 280 g/mol. The molecule has 2 N–H and O–H groups in total. The van der Waals surface area contributed by atoms with E-state index < -0.39 is 15.6 Å². The Hall–Kier alpha value is -0.890. The van der Waals surface area contributed by atoms with Crippen molar-refractivity contribution in [2.75, 3.05) is 13.7 Å². The summed E-state index contributed by atoms with van der Waals surface area (Å²) in [7, 11) is -2.13. The van der Waals surface area contributed by atoms with Gasteiger partial charge in [-0.1, -0.05) is 0 Å². The van der Waals surface area contributed by atoms with Crippen molar-refractivity contribution in [2.24, 2.45) is 0 Å². The van der Waals surface area contributed by atoms with Crippen LogP contribution in [0.5, 0.6) is 0 Å². The van der Waals surface area contributed by atoms with E-state index in [2.05, 4.69) is 10.0 Å². The molecule has 1 aromatic heterocycles. The van der Waals surface area contributed by atoms with Gasteiger partial charge in [-0.3, -0.25) is 0 Å². The average Bonchev–Trinajstić information content (AvgIpc) is 3.01. The van der Waals surface area contributed by atoms with Crippen LogP contribution in [-0.2, 0) is 21.3 Å². The van der Waals surface area contributed by atoms with E-state index in [1.54, 1.807) is 19.9 Å². The molecule has 0 unspecified atom stereocenters. The van der Waals surface area contributed by atoms with Gasteiger partial charge in [-0.2, -0.15) is 0 Å². The van der Waals surface area contributed by atoms with Gasteiger partial charge in [-0.15, -0.1) is 0 Å². The highest BCUT2D eigenvalue weighted by atomic mass is 32.2. The fourth-order valence-electron chi connectivity index (χ4n) is 1.93. The highest BCUT2D eigenvalue weighted by Gasteiger charge is 2.28. The molecular formula is C13H22N2O4S. The molecule has 114 valence electrons. The van der Waals surface area contributed by atoms with Crippen molar-refractivity contribution in [3.8, 4) is 0 Å². The van der Waals surface area contributed by atoms with Gasteiger partial charge in [0.1, 0.15) is 5.76 Å². The topological polar surface area (TPSA) is 80.6 Å². The summed E-state index contributed by atoms with van der Waals surface area (Å²) >= 11 is 0. The summed E-state index contributed by atoms with van der Waals surface area (Å²) in [6.45, 7) is 4.35. The fraction of sp³-hybridized carbons (Fsp3) is 0.692. The first-order valence-corrected chi connectivity index (χ1v) is 8.16. The zero-order valence-corrected chi connectivity index (χ0v) is 12.9. The number of methoxy groups -OCH3 is 1. The Kier molecular flexibility index (Phi) is 4.53. The highest BCUT2D eigenvalue weighted by molar-refractivity contribution is 7.89. The lowest BCUT2D eigenvalue weighted by atomic mass is 10.1. The second-order valence-corrected chi connectivity index (χ2v) is 7.41. The summed E-state index contributed by atoms with van der Waals surface area (Å²) < 4.78 is 37.4. The maximum atomic E-state index is 12.2. The second-order valence-electron chi connectivity index (χ2n) is 5.80. The third kappa shape index (κ3) is 4.31. The van der Waals surface area contributed by atoms with E-state index >= 15 is 0 Å².